The molecule has 0 spiro atoms. The van der Waals surface area contributed by atoms with Crippen LogP contribution in [0.4, 0.5) is 14.6 Å². The van der Waals surface area contributed by atoms with E-state index in [9.17, 15) is 18.4 Å². The number of anilines is 1. The van der Waals surface area contributed by atoms with Crippen molar-refractivity contribution in [3.63, 3.8) is 0 Å². The maximum Gasteiger partial charge on any atom is 0.223 e. The number of furan rings is 1. The number of rotatable bonds is 9. The molecule has 2 heterocycles. The highest BCUT2D eigenvalue weighted by atomic mass is 19.1. The van der Waals surface area contributed by atoms with Crippen LogP contribution in [0.5, 0.6) is 0 Å². The Morgan fingerprint density at radius 1 is 0.914 bits per heavy atom. The van der Waals surface area contributed by atoms with Crippen molar-refractivity contribution in [2.75, 3.05) is 19.0 Å². The highest BCUT2D eigenvalue weighted by molar-refractivity contribution is 5.98. The topological polar surface area (TPSA) is 66.7 Å². The minimum atomic E-state index is -0.425. The molecule has 180 valence electrons. The minimum Gasteiger partial charge on any atom is -0.467 e. The first-order valence-corrected chi connectivity index (χ1v) is 11.2. The summed E-state index contributed by atoms with van der Waals surface area (Å²) in [5.74, 6) is -0.0535. The Bertz CT molecular complexity index is 1340. The number of aromatic nitrogens is 1. The van der Waals surface area contributed by atoms with Crippen molar-refractivity contribution >= 4 is 28.4 Å². The number of ketones is 1. The molecule has 0 atom stereocenters. The third-order valence-corrected chi connectivity index (χ3v) is 5.63. The Hall–Kier alpha value is -4.07. The van der Waals surface area contributed by atoms with Crippen LogP contribution in [-0.2, 0) is 17.9 Å². The van der Waals surface area contributed by atoms with Crippen LogP contribution in [0.25, 0.3) is 10.9 Å². The summed E-state index contributed by atoms with van der Waals surface area (Å²) in [5.41, 5.74) is 1.66. The molecule has 2 aromatic heterocycles. The summed E-state index contributed by atoms with van der Waals surface area (Å²) in [7, 11) is 3.66. The number of halogens is 2. The highest BCUT2D eigenvalue weighted by Crippen LogP contribution is 2.25. The Morgan fingerprint density at radius 3 is 2.34 bits per heavy atom. The van der Waals surface area contributed by atoms with Crippen molar-refractivity contribution in [3.05, 3.63) is 95.4 Å². The van der Waals surface area contributed by atoms with E-state index in [2.05, 4.69) is 4.98 Å². The molecule has 4 aromatic rings. The van der Waals surface area contributed by atoms with Gasteiger partial charge in [-0.2, -0.15) is 0 Å². The Kier molecular flexibility index (Phi) is 7.19. The molecule has 0 radical (unpaired) electrons. The second-order valence-electron chi connectivity index (χ2n) is 8.46. The zero-order valence-corrected chi connectivity index (χ0v) is 19.5. The first-order chi connectivity index (χ1) is 16.8. The van der Waals surface area contributed by atoms with E-state index in [0.717, 1.165) is 10.9 Å². The van der Waals surface area contributed by atoms with Crippen molar-refractivity contribution in [1.82, 2.24) is 9.88 Å². The maximum atomic E-state index is 13.7. The smallest absolute Gasteiger partial charge is 0.223 e. The van der Waals surface area contributed by atoms with Gasteiger partial charge < -0.3 is 14.2 Å². The van der Waals surface area contributed by atoms with E-state index in [1.54, 1.807) is 23.1 Å². The van der Waals surface area contributed by atoms with Gasteiger partial charge in [0.1, 0.15) is 23.2 Å². The van der Waals surface area contributed by atoms with Gasteiger partial charge in [0.05, 0.1) is 18.3 Å². The van der Waals surface area contributed by atoms with Crippen LogP contribution in [0.15, 0.2) is 71.3 Å². The molecule has 0 saturated heterocycles. The van der Waals surface area contributed by atoms with Gasteiger partial charge in [-0.05, 0) is 54.6 Å². The number of nitrogens with zero attached hydrogens (tertiary/aromatic N) is 3. The van der Waals surface area contributed by atoms with Crippen molar-refractivity contribution in [2.45, 2.75) is 25.9 Å². The van der Waals surface area contributed by atoms with Gasteiger partial charge in [-0.1, -0.05) is 0 Å². The monoisotopic (exact) mass is 477 g/mol. The van der Waals surface area contributed by atoms with Crippen molar-refractivity contribution in [2.24, 2.45) is 0 Å². The molecular formula is C27H25F2N3O3. The lowest BCUT2D eigenvalue weighted by atomic mass is 10.1. The van der Waals surface area contributed by atoms with Gasteiger partial charge in [0, 0.05) is 56.1 Å². The normalized spacial score (nSPS) is 11.0. The summed E-state index contributed by atoms with van der Waals surface area (Å²) in [4.78, 5) is 33.8. The minimum absolute atomic E-state index is 0.00505. The molecule has 4 rings (SSSR count). The van der Waals surface area contributed by atoms with Gasteiger partial charge in [0.2, 0.25) is 5.91 Å². The molecular weight excluding hydrogens is 452 g/mol. The first-order valence-electron chi connectivity index (χ1n) is 11.2. The summed E-state index contributed by atoms with van der Waals surface area (Å²) in [5, 5.41) is 0.754. The Balaban J connectivity index is 1.58. The zero-order valence-electron chi connectivity index (χ0n) is 19.5. The molecule has 0 aliphatic carbocycles. The van der Waals surface area contributed by atoms with Crippen LogP contribution in [0.1, 0.15) is 34.5 Å². The molecule has 35 heavy (non-hydrogen) atoms. The van der Waals surface area contributed by atoms with E-state index >= 15 is 0 Å². The summed E-state index contributed by atoms with van der Waals surface area (Å²) in [6, 6.07) is 15.1. The Labute approximate surface area is 201 Å². The van der Waals surface area contributed by atoms with Crippen molar-refractivity contribution in [1.29, 1.82) is 0 Å². The van der Waals surface area contributed by atoms with Gasteiger partial charge in [0.25, 0.3) is 0 Å². The third kappa shape index (κ3) is 5.90. The lowest BCUT2D eigenvalue weighted by Gasteiger charge is -2.25. The number of Topliss-reactive ketones (excluding diaryl/α,β-unsaturated/α-hetero) is 1. The van der Waals surface area contributed by atoms with Gasteiger partial charge in [-0.15, -0.1) is 0 Å². The van der Waals surface area contributed by atoms with Crippen LogP contribution in [0.2, 0.25) is 0 Å². The van der Waals surface area contributed by atoms with Gasteiger partial charge >= 0.3 is 0 Å². The Morgan fingerprint density at radius 2 is 1.66 bits per heavy atom. The van der Waals surface area contributed by atoms with Crippen LogP contribution >= 0.6 is 0 Å². The van der Waals surface area contributed by atoms with E-state index < -0.39 is 5.82 Å². The van der Waals surface area contributed by atoms with Crippen molar-refractivity contribution < 1.29 is 22.8 Å². The van der Waals surface area contributed by atoms with E-state index in [4.69, 9.17) is 4.42 Å². The van der Waals surface area contributed by atoms with E-state index in [-0.39, 0.29) is 43.4 Å². The van der Waals surface area contributed by atoms with Gasteiger partial charge in [-0.25, -0.2) is 13.8 Å². The van der Waals surface area contributed by atoms with Crippen LogP contribution in [0, 0.1) is 11.6 Å². The average Bonchev–Trinajstić information content (AvgIpc) is 3.35. The summed E-state index contributed by atoms with van der Waals surface area (Å²) in [6.45, 7) is 0.434. The number of amides is 1. The van der Waals surface area contributed by atoms with Crippen LogP contribution < -0.4 is 4.90 Å². The average molecular weight is 478 g/mol. The third-order valence-electron chi connectivity index (χ3n) is 5.63. The lowest BCUT2D eigenvalue weighted by molar-refractivity contribution is -0.132. The second-order valence-corrected chi connectivity index (χ2v) is 8.46. The predicted molar refractivity (Wildman–Crippen MR) is 129 cm³/mol. The number of carbonyl (C=O) groups excluding carboxylic acids is 2. The molecule has 1 amide bonds. The van der Waals surface area contributed by atoms with E-state index in [1.165, 1.54) is 42.7 Å². The van der Waals surface area contributed by atoms with Crippen molar-refractivity contribution in [3.8, 4) is 0 Å². The molecule has 0 N–H and O–H groups in total. The lowest BCUT2D eigenvalue weighted by Crippen LogP contribution is -2.31. The summed E-state index contributed by atoms with van der Waals surface area (Å²) >= 11 is 0. The summed E-state index contributed by atoms with van der Waals surface area (Å²) < 4.78 is 32.3. The standard InChI is InChI=1S/C27H25F2N3O3/c1-31(2)27-20(14-19-7-10-22(29)15-24(19)30-27)16-32(17-23-4-3-13-35-23)26(34)12-11-25(33)18-5-8-21(28)9-6-18/h3-10,13-15H,11-12,16-17H2,1-2H3. The molecule has 2 aromatic carbocycles. The van der Waals surface area contributed by atoms with Crippen LogP contribution in [-0.4, -0.2) is 35.7 Å². The molecule has 0 fully saturated rings. The number of carbonyl (C=O) groups is 2. The first kappa shape index (κ1) is 24.1. The SMILES string of the molecule is CN(C)c1nc2cc(F)ccc2cc1CN(Cc1ccco1)C(=O)CCC(=O)c1ccc(F)cc1. The number of fused-ring (bicyclic) bond motifs is 1. The molecule has 8 heteroatoms. The molecule has 0 aliphatic heterocycles. The molecule has 0 unspecified atom stereocenters. The number of hydrogen-bond donors (Lipinski definition) is 0. The maximum absolute atomic E-state index is 13.7. The summed E-state index contributed by atoms with van der Waals surface area (Å²) in [6.07, 6.45) is 1.52. The quantitative estimate of drug-likeness (QED) is 0.304. The largest absolute Gasteiger partial charge is 0.467 e. The number of benzene rings is 2. The van der Waals surface area contributed by atoms with Gasteiger partial charge in [0.15, 0.2) is 5.78 Å². The fourth-order valence-corrected chi connectivity index (χ4v) is 3.86. The number of hydrogen-bond acceptors (Lipinski definition) is 5. The highest BCUT2D eigenvalue weighted by Gasteiger charge is 2.21. The van der Waals surface area contributed by atoms with E-state index in [0.29, 0.717) is 22.7 Å². The fourth-order valence-electron chi connectivity index (χ4n) is 3.86. The van der Waals surface area contributed by atoms with Crippen LogP contribution in [0.3, 0.4) is 0 Å². The second kappa shape index (κ2) is 10.5. The number of pyridine rings is 1. The molecule has 0 saturated carbocycles. The molecule has 6 nitrogen and oxygen atoms in total. The molecule has 0 aliphatic rings. The molecule has 0 bridgehead atoms. The van der Waals surface area contributed by atoms with E-state index in [1.807, 2.05) is 25.1 Å². The van der Waals surface area contributed by atoms with Gasteiger partial charge in [-0.3, -0.25) is 9.59 Å². The fraction of sp³-hybridized carbons (Fsp3) is 0.222. The zero-order chi connectivity index (χ0) is 24.9. The predicted octanol–water partition coefficient (Wildman–Crippen LogP) is 5.36.